The number of nitrogens with one attached hydrogen (secondary N) is 2. The molecular formula is C13H13BrN4O. The lowest BCUT2D eigenvalue weighted by atomic mass is 10.1. The fourth-order valence-electron chi connectivity index (χ4n) is 1.66. The van der Waals surface area contributed by atoms with Gasteiger partial charge < -0.3 is 10.7 Å². The molecule has 1 heterocycles. The fourth-order valence-corrected chi connectivity index (χ4v) is 2.01. The molecule has 0 unspecified atom stereocenters. The number of carbonyl (C=O) groups excluding carboxylic acids is 1. The molecule has 0 spiro atoms. The zero-order valence-corrected chi connectivity index (χ0v) is 11.9. The van der Waals surface area contributed by atoms with Gasteiger partial charge in [0.15, 0.2) is 0 Å². The van der Waals surface area contributed by atoms with E-state index in [4.69, 9.17) is 5.84 Å². The van der Waals surface area contributed by atoms with Gasteiger partial charge in [-0.1, -0.05) is 0 Å². The summed E-state index contributed by atoms with van der Waals surface area (Å²) in [4.78, 5) is 16.3. The third-order valence-electron chi connectivity index (χ3n) is 2.63. The highest BCUT2D eigenvalue weighted by atomic mass is 79.9. The predicted molar refractivity (Wildman–Crippen MR) is 78.9 cm³/mol. The molecule has 5 nitrogen and oxygen atoms in total. The van der Waals surface area contributed by atoms with Crippen LogP contribution in [-0.4, -0.2) is 10.9 Å². The highest BCUT2D eigenvalue weighted by Crippen LogP contribution is 2.20. The Hall–Kier alpha value is -1.92. The number of hydrogen-bond donors (Lipinski definition) is 3. The molecule has 0 saturated heterocycles. The zero-order chi connectivity index (χ0) is 13.8. The van der Waals surface area contributed by atoms with Crippen LogP contribution in [0.3, 0.4) is 0 Å². The number of nitrogen functional groups attached to an aromatic ring is 1. The van der Waals surface area contributed by atoms with Gasteiger partial charge in [0.1, 0.15) is 5.82 Å². The molecule has 1 amide bonds. The van der Waals surface area contributed by atoms with Crippen molar-refractivity contribution in [3.05, 3.63) is 52.1 Å². The number of amides is 1. The van der Waals surface area contributed by atoms with Crippen LogP contribution < -0.4 is 16.6 Å². The summed E-state index contributed by atoms with van der Waals surface area (Å²) in [6, 6.07) is 8.87. The van der Waals surface area contributed by atoms with E-state index in [1.807, 2.05) is 19.1 Å². The van der Waals surface area contributed by atoms with E-state index in [-0.39, 0.29) is 5.91 Å². The summed E-state index contributed by atoms with van der Waals surface area (Å²) in [5.74, 6) is 5.61. The maximum Gasteiger partial charge on any atom is 0.257 e. The first-order valence-electron chi connectivity index (χ1n) is 5.61. The first-order valence-corrected chi connectivity index (χ1v) is 6.40. The Kier molecular flexibility index (Phi) is 4.13. The number of rotatable bonds is 3. The minimum Gasteiger partial charge on any atom is -0.324 e. The number of aromatic nitrogens is 1. The van der Waals surface area contributed by atoms with Crippen LogP contribution in [0.5, 0.6) is 0 Å². The minimum atomic E-state index is -0.208. The highest BCUT2D eigenvalue weighted by Gasteiger charge is 2.11. The second-order valence-electron chi connectivity index (χ2n) is 3.96. The van der Waals surface area contributed by atoms with Crippen molar-refractivity contribution in [3.63, 3.8) is 0 Å². The van der Waals surface area contributed by atoms with E-state index in [9.17, 15) is 4.79 Å². The van der Waals surface area contributed by atoms with Gasteiger partial charge in [-0.15, -0.1) is 0 Å². The van der Waals surface area contributed by atoms with Gasteiger partial charge in [-0.3, -0.25) is 10.6 Å². The van der Waals surface area contributed by atoms with Gasteiger partial charge in [0.2, 0.25) is 0 Å². The van der Waals surface area contributed by atoms with Crippen molar-refractivity contribution in [2.75, 3.05) is 10.7 Å². The van der Waals surface area contributed by atoms with E-state index in [1.165, 1.54) is 0 Å². The Bertz CT molecular complexity index is 615. The van der Waals surface area contributed by atoms with Crippen LogP contribution in [0, 0.1) is 6.92 Å². The first-order chi connectivity index (χ1) is 9.11. The number of anilines is 2. The molecule has 98 valence electrons. The molecule has 6 heteroatoms. The Morgan fingerprint density at radius 1 is 1.37 bits per heavy atom. The molecular weight excluding hydrogens is 308 g/mol. The lowest BCUT2D eigenvalue weighted by Crippen LogP contribution is -2.15. The quantitative estimate of drug-likeness (QED) is 0.600. The molecule has 2 rings (SSSR count). The second kappa shape index (κ2) is 5.81. The van der Waals surface area contributed by atoms with Gasteiger partial charge in [-0.25, -0.2) is 4.98 Å². The number of carbonyl (C=O) groups is 1. The lowest BCUT2D eigenvalue weighted by Gasteiger charge is -2.09. The average molecular weight is 321 g/mol. The van der Waals surface area contributed by atoms with Crippen molar-refractivity contribution in [1.29, 1.82) is 0 Å². The number of nitrogens with two attached hydrogens (primary N) is 1. The van der Waals surface area contributed by atoms with Gasteiger partial charge in [0.05, 0.1) is 4.47 Å². The van der Waals surface area contributed by atoms with Crippen molar-refractivity contribution < 1.29 is 4.79 Å². The van der Waals surface area contributed by atoms with Crippen LogP contribution in [0.4, 0.5) is 11.5 Å². The maximum absolute atomic E-state index is 12.2. The average Bonchev–Trinajstić information content (AvgIpc) is 2.41. The summed E-state index contributed by atoms with van der Waals surface area (Å²) in [7, 11) is 0. The van der Waals surface area contributed by atoms with Gasteiger partial charge in [-0.05, 0) is 58.7 Å². The second-order valence-corrected chi connectivity index (χ2v) is 4.82. The summed E-state index contributed by atoms with van der Waals surface area (Å²) in [6.45, 7) is 1.85. The lowest BCUT2D eigenvalue weighted by molar-refractivity contribution is 0.102. The summed E-state index contributed by atoms with van der Waals surface area (Å²) < 4.78 is 0.737. The smallest absolute Gasteiger partial charge is 0.257 e. The molecule has 0 atom stereocenters. The number of hydrogen-bond acceptors (Lipinski definition) is 4. The summed E-state index contributed by atoms with van der Waals surface area (Å²) in [5.41, 5.74) is 4.71. The van der Waals surface area contributed by atoms with E-state index >= 15 is 0 Å². The number of pyridine rings is 1. The standard InChI is InChI=1S/C13H13BrN4O/c1-8-7-9(18-15)4-5-10(8)13(19)17-12-11(14)3-2-6-16-12/h2-7,18H,15H2,1H3,(H,16,17,19). The highest BCUT2D eigenvalue weighted by molar-refractivity contribution is 9.10. The normalized spacial score (nSPS) is 10.1. The van der Waals surface area contributed by atoms with Gasteiger partial charge >= 0.3 is 0 Å². The van der Waals surface area contributed by atoms with Crippen molar-refractivity contribution in [2.24, 2.45) is 5.84 Å². The summed E-state index contributed by atoms with van der Waals surface area (Å²) in [5, 5.41) is 2.76. The Morgan fingerprint density at radius 2 is 2.16 bits per heavy atom. The summed E-state index contributed by atoms with van der Waals surface area (Å²) in [6.07, 6.45) is 1.62. The van der Waals surface area contributed by atoms with Crippen molar-refractivity contribution >= 4 is 33.3 Å². The maximum atomic E-state index is 12.2. The molecule has 0 saturated carbocycles. The van der Waals surface area contributed by atoms with E-state index in [0.717, 1.165) is 15.7 Å². The Balaban J connectivity index is 2.23. The van der Waals surface area contributed by atoms with Crippen LogP contribution >= 0.6 is 15.9 Å². The number of aryl methyl sites for hydroxylation is 1. The van der Waals surface area contributed by atoms with E-state index < -0.39 is 0 Å². The molecule has 2 aromatic rings. The first kappa shape index (κ1) is 13.5. The number of hydrazine groups is 1. The topological polar surface area (TPSA) is 80.0 Å². The number of benzene rings is 1. The van der Waals surface area contributed by atoms with Crippen LogP contribution in [0.15, 0.2) is 41.0 Å². The number of nitrogens with zero attached hydrogens (tertiary/aromatic N) is 1. The van der Waals surface area contributed by atoms with Crippen LogP contribution in [0.25, 0.3) is 0 Å². The minimum absolute atomic E-state index is 0.208. The fraction of sp³-hybridized carbons (Fsp3) is 0.0769. The monoisotopic (exact) mass is 320 g/mol. The molecule has 0 aliphatic carbocycles. The number of halogens is 1. The van der Waals surface area contributed by atoms with Gasteiger partial charge in [-0.2, -0.15) is 0 Å². The molecule has 0 aliphatic rings. The molecule has 0 aliphatic heterocycles. The van der Waals surface area contributed by atoms with E-state index in [0.29, 0.717) is 11.4 Å². The van der Waals surface area contributed by atoms with Gasteiger partial charge in [0, 0.05) is 17.4 Å². The molecule has 0 fully saturated rings. The van der Waals surface area contributed by atoms with Gasteiger partial charge in [0.25, 0.3) is 5.91 Å². The Morgan fingerprint density at radius 3 is 2.79 bits per heavy atom. The third-order valence-corrected chi connectivity index (χ3v) is 3.27. The molecule has 0 radical (unpaired) electrons. The molecule has 19 heavy (non-hydrogen) atoms. The predicted octanol–water partition coefficient (Wildman–Crippen LogP) is 2.69. The largest absolute Gasteiger partial charge is 0.324 e. The zero-order valence-electron chi connectivity index (χ0n) is 10.3. The van der Waals surface area contributed by atoms with Crippen molar-refractivity contribution in [3.8, 4) is 0 Å². The van der Waals surface area contributed by atoms with Crippen LogP contribution in [-0.2, 0) is 0 Å². The van der Waals surface area contributed by atoms with Crippen LogP contribution in [0.2, 0.25) is 0 Å². The Labute approximate surface area is 119 Å². The van der Waals surface area contributed by atoms with E-state index in [1.54, 1.807) is 24.4 Å². The summed E-state index contributed by atoms with van der Waals surface area (Å²) >= 11 is 3.33. The third kappa shape index (κ3) is 3.10. The van der Waals surface area contributed by atoms with E-state index in [2.05, 4.69) is 31.7 Å². The molecule has 4 N–H and O–H groups in total. The van der Waals surface area contributed by atoms with Crippen LogP contribution in [0.1, 0.15) is 15.9 Å². The van der Waals surface area contributed by atoms with Crippen molar-refractivity contribution in [2.45, 2.75) is 6.92 Å². The van der Waals surface area contributed by atoms with Crippen molar-refractivity contribution in [1.82, 2.24) is 4.98 Å². The molecule has 1 aromatic heterocycles. The molecule has 1 aromatic carbocycles. The molecule has 0 bridgehead atoms. The SMILES string of the molecule is Cc1cc(NN)ccc1C(=O)Nc1ncccc1Br.